The number of fused-ring (bicyclic) bond motifs is 3. The number of hydrogen-bond acceptors (Lipinski definition) is 0. The minimum atomic E-state index is 0. The Morgan fingerprint density at radius 1 is 0.955 bits per heavy atom. The van der Waals surface area contributed by atoms with E-state index in [9.17, 15) is 0 Å². The van der Waals surface area contributed by atoms with Crippen LogP contribution in [0.25, 0.3) is 11.1 Å². The first-order valence-corrected chi connectivity index (χ1v) is 15.1. The van der Waals surface area contributed by atoms with Gasteiger partial charge in [-0.05, 0) is 6.42 Å². The zero-order valence-electron chi connectivity index (χ0n) is 13.6. The van der Waals surface area contributed by atoms with Gasteiger partial charge in [0.2, 0.25) is 0 Å². The van der Waals surface area contributed by atoms with E-state index >= 15 is 0 Å². The Labute approximate surface area is 152 Å². The summed E-state index contributed by atoms with van der Waals surface area (Å²) < 4.78 is 0. The van der Waals surface area contributed by atoms with Crippen molar-refractivity contribution < 1.29 is 23.3 Å². The molecule has 2 heteroatoms. The summed E-state index contributed by atoms with van der Waals surface area (Å²) in [6.07, 6.45) is 11.0. The monoisotopic (exact) mass is 382 g/mol. The Bertz CT molecular complexity index is 576. The van der Waals surface area contributed by atoms with E-state index in [4.69, 9.17) is 0 Å². The Balaban J connectivity index is 0.000000422. The standard InChI is InChI=1S/C13H9.C5H5.2CH3.H2Si.Zr.2H/c1-3-7-12-10(5-1)9-11-6-2-4-8-13(11)12;1-2-4-5-3-1;;;;;;/h1-5,7-8H,9H2;1-3H,4H2;2*1H3;1H2;;;/q4*-1;;;;. The first kappa shape index (κ1) is 21.0. The molecule has 0 unspecified atom stereocenters. The van der Waals surface area contributed by atoms with Crippen LogP contribution in [0.4, 0.5) is 0 Å². The van der Waals surface area contributed by atoms with Gasteiger partial charge in [-0.2, -0.15) is 35.9 Å². The molecule has 2 aromatic carbocycles. The Kier molecular flexibility index (Phi) is 11.1. The number of allylic oxidation sites excluding steroid dienone is 4. The Hall–Kier alpha value is -0.980. The Morgan fingerprint density at radius 3 is 2.32 bits per heavy atom. The third-order valence-corrected chi connectivity index (χ3v) is 3.20. The SMILES string of the molecule is [C-]1=CC=CC1.[CH3-].[CH3-].[SiH2]=[ZrH2].[c-]1cccc2c1Cc1ccccc1-2. The van der Waals surface area contributed by atoms with Crippen molar-refractivity contribution in [2.24, 2.45) is 0 Å². The van der Waals surface area contributed by atoms with Gasteiger partial charge in [-0.25, -0.2) is 12.2 Å². The summed E-state index contributed by atoms with van der Waals surface area (Å²) in [5.74, 6) is 0. The van der Waals surface area contributed by atoms with Crippen molar-refractivity contribution in [2.45, 2.75) is 12.8 Å². The summed E-state index contributed by atoms with van der Waals surface area (Å²) in [7, 11) is 0. The molecule has 0 atom stereocenters. The zero-order chi connectivity index (χ0) is 14.2. The summed E-state index contributed by atoms with van der Waals surface area (Å²) in [4.78, 5) is 0. The van der Waals surface area contributed by atoms with Crippen LogP contribution in [-0.4, -0.2) is 6.88 Å². The van der Waals surface area contributed by atoms with Crippen LogP contribution in [0.1, 0.15) is 17.5 Å². The van der Waals surface area contributed by atoms with E-state index in [1.165, 1.54) is 45.6 Å². The van der Waals surface area contributed by atoms with Gasteiger partial charge >= 0.3 is 30.2 Å². The van der Waals surface area contributed by atoms with Gasteiger partial charge < -0.3 is 14.9 Å². The van der Waals surface area contributed by atoms with Crippen LogP contribution in [0.2, 0.25) is 0 Å². The second-order valence-corrected chi connectivity index (χ2v) is 4.40. The molecular formula is C20H24SiZr-4. The molecule has 0 aromatic heterocycles. The van der Waals surface area contributed by atoms with Crippen molar-refractivity contribution in [3.8, 4) is 11.1 Å². The van der Waals surface area contributed by atoms with Crippen molar-refractivity contribution in [1.82, 2.24) is 0 Å². The van der Waals surface area contributed by atoms with Gasteiger partial charge in [0, 0.05) is 0 Å². The molecule has 0 aliphatic heterocycles. The number of rotatable bonds is 0. The van der Waals surface area contributed by atoms with Crippen molar-refractivity contribution >= 4 is 6.88 Å². The normalized spacial score (nSPS) is 11.5. The molecule has 2 aliphatic carbocycles. The molecule has 116 valence electrons. The van der Waals surface area contributed by atoms with Crippen molar-refractivity contribution in [1.29, 1.82) is 0 Å². The smallest absolute Gasteiger partial charge is 0.0253 e. The number of benzene rings is 2. The predicted molar refractivity (Wildman–Crippen MR) is 99.3 cm³/mol. The van der Waals surface area contributed by atoms with Gasteiger partial charge in [0.15, 0.2) is 0 Å². The largest absolute Gasteiger partial charge is 0.179 e. The Morgan fingerprint density at radius 2 is 1.68 bits per heavy atom. The average molecular weight is 384 g/mol. The number of hydrogen-bond donors (Lipinski definition) is 0. The van der Waals surface area contributed by atoms with E-state index in [1.807, 2.05) is 25.1 Å². The van der Waals surface area contributed by atoms with Crippen LogP contribution in [0, 0.1) is 27.0 Å². The minimum absolute atomic E-state index is 0. The van der Waals surface area contributed by atoms with E-state index in [0.29, 0.717) is 0 Å². The van der Waals surface area contributed by atoms with Crippen LogP contribution in [0.3, 0.4) is 0 Å². The molecule has 0 N–H and O–H groups in total. The molecule has 0 bridgehead atoms. The van der Waals surface area contributed by atoms with Crippen molar-refractivity contribution in [3.63, 3.8) is 0 Å². The van der Waals surface area contributed by atoms with E-state index < -0.39 is 0 Å². The minimum Gasteiger partial charge on any atom is -0.179 e. The van der Waals surface area contributed by atoms with Crippen LogP contribution >= 0.6 is 0 Å². The fraction of sp³-hybridized carbons (Fsp3) is 0.100. The van der Waals surface area contributed by atoms with Gasteiger partial charge in [0.1, 0.15) is 0 Å². The summed E-state index contributed by atoms with van der Waals surface area (Å²) in [6, 6.07) is 18.1. The van der Waals surface area contributed by atoms with Gasteiger partial charge in [0.25, 0.3) is 0 Å². The molecule has 0 spiro atoms. The summed E-state index contributed by atoms with van der Waals surface area (Å²) >= 11 is 1.18. The third-order valence-electron chi connectivity index (χ3n) is 3.20. The fourth-order valence-electron chi connectivity index (χ4n) is 2.34. The van der Waals surface area contributed by atoms with Crippen LogP contribution < -0.4 is 0 Å². The third kappa shape index (κ3) is 5.34. The maximum Gasteiger partial charge on any atom is -0.0253 e. The van der Waals surface area contributed by atoms with E-state index in [0.717, 1.165) is 12.8 Å². The van der Waals surface area contributed by atoms with Gasteiger partial charge in [-0.15, -0.1) is 12.0 Å². The van der Waals surface area contributed by atoms with E-state index in [2.05, 4.69) is 54.6 Å². The molecule has 0 fully saturated rings. The summed E-state index contributed by atoms with van der Waals surface area (Å²) in [5.41, 5.74) is 5.51. The van der Waals surface area contributed by atoms with E-state index in [1.54, 1.807) is 0 Å². The molecule has 2 aliphatic rings. The molecule has 0 saturated carbocycles. The zero-order valence-corrected chi connectivity index (χ0v) is 18.5. The van der Waals surface area contributed by atoms with E-state index in [-0.39, 0.29) is 14.9 Å². The van der Waals surface area contributed by atoms with Gasteiger partial charge in [-0.1, -0.05) is 35.4 Å². The first-order chi connectivity index (χ1) is 9.95. The van der Waals surface area contributed by atoms with Crippen LogP contribution in [0.15, 0.2) is 60.7 Å². The first-order valence-electron chi connectivity index (χ1n) is 6.75. The van der Waals surface area contributed by atoms with Gasteiger partial charge in [-0.3, -0.25) is 6.08 Å². The topological polar surface area (TPSA) is 0 Å². The molecule has 0 amide bonds. The fourth-order valence-corrected chi connectivity index (χ4v) is 2.34. The molecule has 0 saturated heterocycles. The maximum atomic E-state index is 3.30. The molecule has 2 aromatic rings. The maximum absolute atomic E-state index is 3.30. The molecule has 0 heterocycles. The average Bonchev–Trinajstić information content (AvgIpc) is 3.20. The van der Waals surface area contributed by atoms with Crippen LogP contribution in [-0.2, 0) is 29.8 Å². The van der Waals surface area contributed by atoms with Gasteiger partial charge in [0.05, 0.1) is 0 Å². The second-order valence-electron chi connectivity index (χ2n) is 4.40. The molecule has 0 nitrogen and oxygen atoms in total. The molecule has 0 radical (unpaired) electrons. The summed E-state index contributed by atoms with van der Waals surface area (Å²) in [6.45, 7) is 2.03. The van der Waals surface area contributed by atoms with Crippen molar-refractivity contribution in [2.75, 3.05) is 0 Å². The second kappa shape index (κ2) is 11.6. The molecule has 4 rings (SSSR count). The molecular weight excluding hydrogens is 360 g/mol. The molecule has 22 heavy (non-hydrogen) atoms. The predicted octanol–water partition coefficient (Wildman–Crippen LogP) is 3.81. The summed E-state index contributed by atoms with van der Waals surface area (Å²) in [5, 5.41) is 0. The van der Waals surface area contributed by atoms with Crippen molar-refractivity contribution in [3.05, 3.63) is 98.8 Å². The van der Waals surface area contributed by atoms with Crippen LogP contribution in [0.5, 0.6) is 0 Å². The quantitative estimate of drug-likeness (QED) is 0.409.